The summed E-state index contributed by atoms with van der Waals surface area (Å²) >= 11 is 6.02. The molecular weight excluding hydrogens is 323 g/mol. The van der Waals surface area contributed by atoms with E-state index < -0.39 is 16.4 Å². The van der Waals surface area contributed by atoms with Gasteiger partial charge >= 0.3 is 5.69 Å². The standard InChI is InChI=1S/C16H14ClFN2O3/c1-10-2-3-11(8-13(10)17)4-7-16(21)19-12-5-6-14(18)15(9-12)20(22)23/h2-3,5-6,8-9H,4,7H2,1H3,(H,19,21). The normalized spacial score (nSPS) is 10.4. The Morgan fingerprint density at radius 1 is 1.30 bits per heavy atom. The summed E-state index contributed by atoms with van der Waals surface area (Å²) in [6, 6.07) is 8.79. The van der Waals surface area contributed by atoms with E-state index in [0.29, 0.717) is 11.4 Å². The van der Waals surface area contributed by atoms with Gasteiger partial charge in [-0.3, -0.25) is 14.9 Å². The van der Waals surface area contributed by atoms with Crippen molar-refractivity contribution in [1.82, 2.24) is 0 Å². The molecule has 0 aromatic heterocycles. The molecule has 2 aromatic rings. The Kier molecular flexibility index (Phi) is 5.28. The Bertz CT molecular complexity index is 765. The van der Waals surface area contributed by atoms with Crippen LogP contribution in [0.15, 0.2) is 36.4 Å². The summed E-state index contributed by atoms with van der Waals surface area (Å²) < 4.78 is 13.2. The van der Waals surface area contributed by atoms with Crippen LogP contribution in [0.2, 0.25) is 5.02 Å². The van der Waals surface area contributed by atoms with Crippen LogP contribution in [0.3, 0.4) is 0 Å². The maximum Gasteiger partial charge on any atom is 0.306 e. The molecule has 23 heavy (non-hydrogen) atoms. The minimum atomic E-state index is -0.942. The summed E-state index contributed by atoms with van der Waals surface area (Å²) in [6.45, 7) is 1.89. The van der Waals surface area contributed by atoms with Gasteiger partial charge in [-0.05, 0) is 42.7 Å². The molecule has 2 aromatic carbocycles. The minimum absolute atomic E-state index is 0.185. The third-order valence-electron chi connectivity index (χ3n) is 3.30. The molecule has 0 saturated heterocycles. The largest absolute Gasteiger partial charge is 0.326 e. The smallest absolute Gasteiger partial charge is 0.306 e. The molecule has 0 aliphatic rings. The lowest BCUT2D eigenvalue weighted by atomic mass is 10.1. The van der Waals surface area contributed by atoms with Crippen LogP contribution >= 0.6 is 11.6 Å². The first kappa shape index (κ1) is 16.9. The maximum absolute atomic E-state index is 13.2. The zero-order valence-electron chi connectivity index (χ0n) is 12.3. The molecule has 0 unspecified atom stereocenters. The molecule has 1 amide bonds. The minimum Gasteiger partial charge on any atom is -0.326 e. The Labute approximate surface area is 137 Å². The van der Waals surface area contributed by atoms with Gasteiger partial charge in [0.05, 0.1) is 4.92 Å². The molecule has 7 heteroatoms. The second-order valence-corrected chi connectivity index (χ2v) is 5.46. The lowest BCUT2D eigenvalue weighted by Crippen LogP contribution is -2.12. The molecule has 2 rings (SSSR count). The van der Waals surface area contributed by atoms with E-state index in [4.69, 9.17) is 11.6 Å². The second kappa shape index (κ2) is 7.19. The van der Waals surface area contributed by atoms with Crippen molar-refractivity contribution in [3.05, 3.63) is 68.5 Å². The summed E-state index contributed by atoms with van der Waals surface area (Å²) in [5.74, 6) is -1.26. The Morgan fingerprint density at radius 3 is 2.70 bits per heavy atom. The predicted octanol–water partition coefficient (Wildman–Crippen LogP) is 4.27. The number of anilines is 1. The van der Waals surface area contributed by atoms with Gasteiger partial charge < -0.3 is 5.32 Å². The van der Waals surface area contributed by atoms with Crippen LogP contribution in [0.1, 0.15) is 17.5 Å². The van der Waals surface area contributed by atoms with Crippen molar-refractivity contribution in [1.29, 1.82) is 0 Å². The van der Waals surface area contributed by atoms with Crippen molar-refractivity contribution in [2.24, 2.45) is 0 Å². The van der Waals surface area contributed by atoms with Gasteiger partial charge in [-0.25, -0.2) is 0 Å². The maximum atomic E-state index is 13.2. The fraction of sp³-hybridized carbons (Fsp3) is 0.188. The number of nitro groups is 1. The molecule has 0 bridgehead atoms. The zero-order chi connectivity index (χ0) is 17.0. The topological polar surface area (TPSA) is 72.2 Å². The number of nitro benzene ring substituents is 1. The third kappa shape index (κ3) is 4.50. The lowest BCUT2D eigenvalue weighted by molar-refractivity contribution is -0.387. The van der Waals surface area contributed by atoms with E-state index in [9.17, 15) is 19.3 Å². The van der Waals surface area contributed by atoms with E-state index in [1.165, 1.54) is 6.07 Å². The van der Waals surface area contributed by atoms with Gasteiger partial charge in [-0.1, -0.05) is 23.7 Å². The molecule has 0 aliphatic heterocycles. The van der Waals surface area contributed by atoms with Crippen molar-refractivity contribution >= 4 is 28.9 Å². The van der Waals surface area contributed by atoms with Crippen molar-refractivity contribution < 1.29 is 14.1 Å². The molecule has 1 N–H and O–H groups in total. The Hall–Kier alpha value is -2.47. The molecule has 0 radical (unpaired) electrons. The van der Waals surface area contributed by atoms with Crippen LogP contribution in [0.5, 0.6) is 0 Å². The van der Waals surface area contributed by atoms with E-state index in [2.05, 4.69) is 5.32 Å². The first-order valence-corrected chi connectivity index (χ1v) is 7.23. The van der Waals surface area contributed by atoms with E-state index in [0.717, 1.165) is 23.3 Å². The molecule has 120 valence electrons. The number of hydrogen-bond donors (Lipinski definition) is 1. The van der Waals surface area contributed by atoms with Gasteiger partial charge in [0.2, 0.25) is 11.7 Å². The Morgan fingerprint density at radius 2 is 2.04 bits per heavy atom. The molecule has 0 atom stereocenters. The number of nitrogens with zero attached hydrogens (tertiary/aromatic N) is 1. The molecule has 5 nitrogen and oxygen atoms in total. The summed E-state index contributed by atoms with van der Waals surface area (Å²) in [4.78, 5) is 21.7. The molecular formula is C16H14ClFN2O3. The summed E-state index contributed by atoms with van der Waals surface area (Å²) in [7, 11) is 0. The number of hydrogen-bond acceptors (Lipinski definition) is 3. The van der Waals surface area contributed by atoms with Gasteiger partial charge in [0.25, 0.3) is 0 Å². The van der Waals surface area contributed by atoms with Crippen LogP contribution < -0.4 is 5.32 Å². The molecule has 0 spiro atoms. The summed E-state index contributed by atoms with van der Waals surface area (Å²) in [5, 5.41) is 13.8. The highest BCUT2D eigenvalue weighted by Gasteiger charge is 2.15. The van der Waals surface area contributed by atoms with Crippen molar-refractivity contribution in [2.75, 3.05) is 5.32 Å². The van der Waals surface area contributed by atoms with E-state index in [1.54, 1.807) is 6.07 Å². The zero-order valence-corrected chi connectivity index (χ0v) is 13.1. The lowest BCUT2D eigenvalue weighted by Gasteiger charge is -2.06. The average Bonchev–Trinajstić information content (AvgIpc) is 2.50. The number of benzene rings is 2. The number of aryl methyl sites for hydroxylation is 2. The highest BCUT2D eigenvalue weighted by atomic mass is 35.5. The number of nitrogens with one attached hydrogen (secondary N) is 1. The number of rotatable bonds is 5. The molecule has 0 aliphatic carbocycles. The number of carbonyl (C=O) groups excluding carboxylic acids is 1. The van der Waals surface area contributed by atoms with Crippen LogP contribution in [0.25, 0.3) is 0 Å². The van der Waals surface area contributed by atoms with Gasteiger partial charge in [0.1, 0.15) is 0 Å². The van der Waals surface area contributed by atoms with Crippen molar-refractivity contribution in [3.8, 4) is 0 Å². The van der Waals surface area contributed by atoms with Gasteiger partial charge in [-0.2, -0.15) is 4.39 Å². The van der Waals surface area contributed by atoms with Crippen LogP contribution in [0.4, 0.5) is 15.8 Å². The van der Waals surface area contributed by atoms with Crippen LogP contribution in [-0.4, -0.2) is 10.8 Å². The molecule has 0 saturated carbocycles. The predicted molar refractivity (Wildman–Crippen MR) is 86.2 cm³/mol. The third-order valence-corrected chi connectivity index (χ3v) is 3.71. The SMILES string of the molecule is Cc1ccc(CCC(=O)Nc2ccc(F)c([N+](=O)[O-])c2)cc1Cl. The summed E-state index contributed by atoms with van der Waals surface area (Å²) in [6.07, 6.45) is 0.666. The fourth-order valence-electron chi connectivity index (χ4n) is 2.00. The molecule has 0 heterocycles. The monoisotopic (exact) mass is 336 g/mol. The van der Waals surface area contributed by atoms with Crippen molar-refractivity contribution in [2.45, 2.75) is 19.8 Å². The van der Waals surface area contributed by atoms with Gasteiger partial charge in [0, 0.05) is 23.2 Å². The fourth-order valence-corrected chi connectivity index (χ4v) is 2.21. The summed E-state index contributed by atoms with van der Waals surface area (Å²) in [5.41, 5.74) is 1.39. The number of halogens is 2. The average molecular weight is 337 g/mol. The Balaban J connectivity index is 1.98. The van der Waals surface area contributed by atoms with E-state index >= 15 is 0 Å². The van der Waals surface area contributed by atoms with Gasteiger partial charge in [-0.15, -0.1) is 0 Å². The highest BCUT2D eigenvalue weighted by Crippen LogP contribution is 2.22. The first-order valence-electron chi connectivity index (χ1n) is 6.85. The van der Waals surface area contributed by atoms with Crippen molar-refractivity contribution in [3.63, 3.8) is 0 Å². The highest BCUT2D eigenvalue weighted by molar-refractivity contribution is 6.31. The van der Waals surface area contributed by atoms with E-state index in [-0.39, 0.29) is 18.0 Å². The van der Waals surface area contributed by atoms with Crippen LogP contribution in [-0.2, 0) is 11.2 Å². The second-order valence-electron chi connectivity index (χ2n) is 5.06. The van der Waals surface area contributed by atoms with Crippen LogP contribution in [0, 0.1) is 22.9 Å². The first-order chi connectivity index (χ1) is 10.9. The van der Waals surface area contributed by atoms with E-state index in [1.807, 2.05) is 19.1 Å². The quantitative estimate of drug-likeness (QED) is 0.654. The number of carbonyl (C=O) groups is 1. The number of amides is 1. The van der Waals surface area contributed by atoms with Gasteiger partial charge in [0.15, 0.2) is 0 Å². The molecule has 0 fully saturated rings.